The number of aromatic nitrogens is 3. The summed E-state index contributed by atoms with van der Waals surface area (Å²) in [7, 11) is 1.38. The van der Waals surface area contributed by atoms with Crippen LogP contribution in [0.2, 0.25) is 0 Å². The van der Waals surface area contributed by atoms with Gasteiger partial charge in [-0.25, -0.2) is 4.68 Å². The highest BCUT2D eigenvalue weighted by atomic mass is 16.6. The molecule has 0 saturated carbocycles. The molecule has 0 spiro atoms. The molecule has 1 aromatic heterocycles. The number of nitro benzene ring substituents is 1. The molecule has 2 rings (SSSR count). The van der Waals surface area contributed by atoms with Crippen molar-refractivity contribution >= 4 is 5.69 Å². The minimum Gasteiger partial charge on any atom is -0.490 e. The smallest absolute Gasteiger partial charge is 0.311 e. The molecule has 0 aliphatic carbocycles. The summed E-state index contributed by atoms with van der Waals surface area (Å²) in [5.41, 5.74) is 1.05. The van der Waals surface area contributed by atoms with Gasteiger partial charge in [0.05, 0.1) is 30.9 Å². The fourth-order valence-corrected chi connectivity index (χ4v) is 1.75. The van der Waals surface area contributed by atoms with E-state index >= 15 is 0 Å². The van der Waals surface area contributed by atoms with Crippen molar-refractivity contribution in [1.29, 1.82) is 0 Å². The van der Waals surface area contributed by atoms with Crippen LogP contribution in [0.25, 0.3) is 0 Å². The molecule has 20 heavy (non-hydrogen) atoms. The fraction of sp³-hybridized carbons (Fsp3) is 0.333. The Morgan fingerprint density at radius 3 is 2.85 bits per heavy atom. The lowest BCUT2D eigenvalue weighted by Crippen LogP contribution is -2.02. The zero-order valence-corrected chi connectivity index (χ0v) is 11.1. The summed E-state index contributed by atoms with van der Waals surface area (Å²) in [4.78, 5) is 10.4. The van der Waals surface area contributed by atoms with Gasteiger partial charge in [0, 0.05) is 6.07 Å². The first-order chi connectivity index (χ1) is 9.51. The van der Waals surface area contributed by atoms with Crippen LogP contribution < -0.4 is 4.74 Å². The zero-order valence-electron chi connectivity index (χ0n) is 11.1. The summed E-state index contributed by atoms with van der Waals surface area (Å²) in [5, 5.41) is 28.0. The third kappa shape index (κ3) is 2.91. The average Bonchev–Trinajstić information content (AvgIpc) is 2.87. The van der Waals surface area contributed by atoms with Crippen LogP contribution in [0.4, 0.5) is 5.69 Å². The Kier molecular flexibility index (Phi) is 3.94. The molecule has 0 bridgehead atoms. The van der Waals surface area contributed by atoms with Crippen molar-refractivity contribution in [3.05, 3.63) is 45.8 Å². The van der Waals surface area contributed by atoms with Crippen molar-refractivity contribution in [3.8, 4) is 5.75 Å². The van der Waals surface area contributed by atoms with E-state index in [1.807, 2.05) is 0 Å². The highest BCUT2D eigenvalue weighted by molar-refractivity contribution is 5.48. The second-order valence-corrected chi connectivity index (χ2v) is 4.28. The highest BCUT2D eigenvalue weighted by Gasteiger charge is 2.15. The number of hydrogen-bond acceptors (Lipinski definition) is 6. The number of ether oxygens (including phenoxy) is 1. The maximum Gasteiger partial charge on any atom is 0.311 e. The SMILES string of the molecule is COc1ccc(Cn2cc(C(C)O)nn2)cc1[N+](=O)[O-]. The van der Waals surface area contributed by atoms with Gasteiger partial charge >= 0.3 is 5.69 Å². The van der Waals surface area contributed by atoms with Gasteiger partial charge in [0.25, 0.3) is 0 Å². The number of hydrogen-bond donors (Lipinski definition) is 1. The third-order valence-electron chi connectivity index (χ3n) is 2.77. The van der Waals surface area contributed by atoms with Crippen LogP contribution in [0.5, 0.6) is 5.75 Å². The Hall–Kier alpha value is -2.48. The molecular weight excluding hydrogens is 264 g/mol. The van der Waals surface area contributed by atoms with Crippen molar-refractivity contribution in [2.45, 2.75) is 19.6 Å². The minimum atomic E-state index is -0.700. The average molecular weight is 278 g/mol. The molecule has 1 N–H and O–H groups in total. The first kappa shape index (κ1) is 13.9. The van der Waals surface area contributed by atoms with Gasteiger partial charge in [0.1, 0.15) is 5.69 Å². The lowest BCUT2D eigenvalue weighted by molar-refractivity contribution is -0.385. The van der Waals surface area contributed by atoms with Crippen molar-refractivity contribution in [3.63, 3.8) is 0 Å². The lowest BCUT2D eigenvalue weighted by Gasteiger charge is -2.05. The van der Waals surface area contributed by atoms with E-state index in [-0.39, 0.29) is 11.4 Å². The van der Waals surface area contributed by atoms with E-state index in [2.05, 4.69) is 10.3 Å². The van der Waals surface area contributed by atoms with Crippen LogP contribution in [0, 0.1) is 10.1 Å². The lowest BCUT2D eigenvalue weighted by atomic mass is 10.2. The van der Waals surface area contributed by atoms with Gasteiger partial charge in [-0.05, 0) is 18.6 Å². The van der Waals surface area contributed by atoms with Crippen LogP contribution in [0.1, 0.15) is 24.3 Å². The molecule has 0 fully saturated rings. The number of aliphatic hydroxyl groups is 1. The molecule has 0 radical (unpaired) electrons. The summed E-state index contributed by atoms with van der Waals surface area (Å²) in [6.07, 6.45) is 0.898. The second-order valence-electron chi connectivity index (χ2n) is 4.28. The molecule has 1 atom stereocenters. The van der Waals surface area contributed by atoms with Gasteiger partial charge < -0.3 is 9.84 Å². The molecule has 8 heteroatoms. The standard InChI is InChI=1S/C12H14N4O4/c1-8(17)10-7-15(14-13-10)6-9-3-4-12(20-2)11(5-9)16(18)19/h3-5,7-8,17H,6H2,1-2H3. The van der Waals surface area contributed by atoms with Gasteiger partial charge in [0.2, 0.25) is 0 Å². The molecule has 0 saturated heterocycles. The van der Waals surface area contributed by atoms with Gasteiger partial charge in [0.15, 0.2) is 5.75 Å². The van der Waals surface area contributed by atoms with E-state index in [1.54, 1.807) is 25.3 Å². The van der Waals surface area contributed by atoms with E-state index in [4.69, 9.17) is 4.74 Å². The molecule has 0 aliphatic rings. The molecule has 2 aromatic rings. The van der Waals surface area contributed by atoms with E-state index in [0.29, 0.717) is 17.8 Å². The van der Waals surface area contributed by atoms with Crippen molar-refractivity contribution in [1.82, 2.24) is 15.0 Å². The topological polar surface area (TPSA) is 103 Å². The number of benzene rings is 1. The molecular formula is C12H14N4O4. The quantitative estimate of drug-likeness (QED) is 0.653. The Bertz CT molecular complexity index is 624. The normalized spacial score (nSPS) is 12.2. The van der Waals surface area contributed by atoms with Gasteiger partial charge in [-0.3, -0.25) is 10.1 Å². The maximum absolute atomic E-state index is 10.9. The minimum absolute atomic E-state index is 0.0964. The Labute approximate surface area is 114 Å². The number of aliphatic hydroxyl groups excluding tert-OH is 1. The van der Waals surface area contributed by atoms with Gasteiger partial charge in [-0.2, -0.15) is 0 Å². The van der Waals surface area contributed by atoms with Crippen LogP contribution in [-0.4, -0.2) is 32.1 Å². The molecule has 0 amide bonds. The summed E-state index contributed by atoms with van der Waals surface area (Å²) in [6, 6.07) is 4.69. The van der Waals surface area contributed by atoms with Crippen LogP contribution in [0.3, 0.4) is 0 Å². The van der Waals surface area contributed by atoms with Crippen molar-refractivity contribution in [2.75, 3.05) is 7.11 Å². The summed E-state index contributed by atoms with van der Waals surface area (Å²) >= 11 is 0. The predicted molar refractivity (Wildman–Crippen MR) is 69.4 cm³/mol. The number of rotatable bonds is 5. The maximum atomic E-state index is 10.9. The van der Waals surface area contributed by atoms with E-state index in [9.17, 15) is 15.2 Å². The summed E-state index contributed by atoms with van der Waals surface area (Å²) in [6.45, 7) is 1.91. The number of nitro groups is 1. The van der Waals surface area contributed by atoms with Gasteiger partial charge in [-0.15, -0.1) is 5.10 Å². The zero-order chi connectivity index (χ0) is 14.7. The second kappa shape index (κ2) is 5.66. The fourth-order valence-electron chi connectivity index (χ4n) is 1.75. The van der Waals surface area contributed by atoms with Gasteiger partial charge in [-0.1, -0.05) is 11.3 Å². The van der Waals surface area contributed by atoms with Crippen LogP contribution in [-0.2, 0) is 6.54 Å². The largest absolute Gasteiger partial charge is 0.490 e. The van der Waals surface area contributed by atoms with Crippen LogP contribution >= 0.6 is 0 Å². The van der Waals surface area contributed by atoms with E-state index < -0.39 is 11.0 Å². The van der Waals surface area contributed by atoms with Crippen LogP contribution in [0.15, 0.2) is 24.4 Å². The Morgan fingerprint density at radius 1 is 1.55 bits per heavy atom. The monoisotopic (exact) mass is 278 g/mol. The Balaban J connectivity index is 2.24. The predicted octanol–water partition coefficient (Wildman–Crippen LogP) is 1.30. The first-order valence-corrected chi connectivity index (χ1v) is 5.90. The van der Waals surface area contributed by atoms with E-state index in [0.717, 1.165) is 0 Å². The van der Waals surface area contributed by atoms with Crippen molar-refractivity contribution in [2.24, 2.45) is 0 Å². The van der Waals surface area contributed by atoms with E-state index in [1.165, 1.54) is 17.9 Å². The number of nitrogens with zero attached hydrogens (tertiary/aromatic N) is 4. The molecule has 1 unspecified atom stereocenters. The third-order valence-corrected chi connectivity index (χ3v) is 2.77. The molecule has 1 heterocycles. The summed E-state index contributed by atoms with van der Waals surface area (Å²) in [5.74, 6) is 0.210. The Morgan fingerprint density at radius 2 is 2.30 bits per heavy atom. The molecule has 8 nitrogen and oxygen atoms in total. The summed E-state index contributed by atoms with van der Waals surface area (Å²) < 4.78 is 6.45. The molecule has 1 aromatic carbocycles. The highest BCUT2D eigenvalue weighted by Crippen LogP contribution is 2.27. The molecule has 0 aliphatic heterocycles. The van der Waals surface area contributed by atoms with Crippen molar-refractivity contribution < 1.29 is 14.8 Å². The molecule has 106 valence electrons. The first-order valence-electron chi connectivity index (χ1n) is 5.90. The number of methoxy groups -OCH3 is 1.